The molecule has 0 spiro atoms. The van der Waals surface area contributed by atoms with Gasteiger partial charge < -0.3 is 4.42 Å². The van der Waals surface area contributed by atoms with E-state index >= 15 is 0 Å². The fraction of sp³-hybridized carbons (Fsp3) is 0.833. The number of aromatic nitrogens is 2. The highest BCUT2D eigenvalue weighted by Crippen LogP contribution is 2.25. The summed E-state index contributed by atoms with van der Waals surface area (Å²) in [6, 6.07) is 1.23. The van der Waals surface area contributed by atoms with Crippen molar-refractivity contribution in [1.29, 1.82) is 0 Å². The van der Waals surface area contributed by atoms with Crippen molar-refractivity contribution in [2.45, 2.75) is 64.6 Å². The Balaban J connectivity index is 1.98. The lowest BCUT2D eigenvalue weighted by molar-refractivity contribution is 0.101. The van der Waals surface area contributed by atoms with Gasteiger partial charge in [-0.3, -0.25) is 4.90 Å². The Morgan fingerprint density at radius 1 is 1.38 bits per heavy atom. The minimum Gasteiger partial charge on any atom is -0.427 e. The maximum absolute atomic E-state index is 5.24. The van der Waals surface area contributed by atoms with Crippen LogP contribution in [0.2, 0.25) is 0 Å². The van der Waals surface area contributed by atoms with Gasteiger partial charge in [0.1, 0.15) is 0 Å². The predicted octanol–water partition coefficient (Wildman–Crippen LogP) is 2.61. The van der Waals surface area contributed by atoms with Gasteiger partial charge in [-0.1, -0.05) is 19.3 Å². The van der Waals surface area contributed by atoms with Gasteiger partial charge in [-0.25, -0.2) is 0 Å². The molecule has 90 valence electrons. The highest BCUT2D eigenvalue weighted by atomic mass is 16.4. The molecule has 4 heteroatoms. The molecule has 0 radical (unpaired) electrons. The van der Waals surface area contributed by atoms with Gasteiger partial charge in [0.05, 0.1) is 6.54 Å². The molecule has 2 rings (SSSR count). The second-order valence-electron chi connectivity index (χ2n) is 4.89. The molecule has 0 aromatic carbocycles. The quantitative estimate of drug-likeness (QED) is 0.787. The molecule has 0 unspecified atom stereocenters. The molecule has 4 nitrogen and oxygen atoms in total. The molecule has 0 amide bonds. The van der Waals surface area contributed by atoms with Gasteiger partial charge in [0.15, 0.2) is 0 Å². The zero-order valence-corrected chi connectivity index (χ0v) is 10.2. The summed E-state index contributed by atoms with van der Waals surface area (Å²) >= 11 is 0. The minimum atomic E-state index is 0.537. The van der Waals surface area contributed by atoms with E-state index in [1.54, 1.807) is 0 Å². The summed E-state index contributed by atoms with van der Waals surface area (Å²) < 4.78 is 5.24. The molecular weight excluding hydrogens is 202 g/mol. The second-order valence-corrected chi connectivity index (χ2v) is 4.89. The van der Waals surface area contributed by atoms with Crippen LogP contribution in [-0.2, 0) is 6.54 Å². The molecule has 0 saturated heterocycles. The summed E-state index contributed by atoms with van der Waals surface area (Å²) in [5.74, 6) is 0.735. The largest absolute Gasteiger partial charge is 0.427 e. The fourth-order valence-corrected chi connectivity index (χ4v) is 2.57. The van der Waals surface area contributed by atoms with Crippen LogP contribution in [0, 0.1) is 0 Å². The first kappa shape index (κ1) is 11.6. The van der Waals surface area contributed by atoms with E-state index < -0.39 is 0 Å². The average molecular weight is 223 g/mol. The molecule has 1 aliphatic carbocycles. The highest BCUT2D eigenvalue weighted by molar-refractivity contribution is 4.82. The zero-order valence-electron chi connectivity index (χ0n) is 10.2. The first-order chi connectivity index (χ1) is 7.77. The summed E-state index contributed by atoms with van der Waals surface area (Å²) in [7, 11) is 0. The van der Waals surface area contributed by atoms with E-state index in [0.29, 0.717) is 12.1 Å². The van der Waals surface area contributed by atoms with Crippen LogP contribution in [0.4, 0.5) is 0 Å². The molecule has 1 saturated carbocycles. The maximum Gasteiger partial charge on any atom is 0.230 e. The van der Waals surface area contributed by atoms with Crippen molar-refractivity contribution in [2.24, 2.45) is 0 Å². The summed E-state index contributed by atoms with van der Waals surface area (Å²) in [5.41, 5.74) is 0. The molecule has 1 aromatic rings. The van der Waals surface area contributed by atoms with Gasteiger partial charge in [-0.15, -0.1) is 10.2 Å². The Morgan fingerprint density at radius 2 is 2.12 bits per heavy atom. The SMILES string of the molecule is CC(C)N(Cc1nnco1)C1CCCCC1. The third-order valence-corrected chi connectivity index (χ3v) is 3.43. The Labute approximate surface area is 97.0 Å². The molecule has 0 atom stereocenters. The van der Waals surface area contributed by atoms with E-state index in [4.69, 9.17) is 4.42 Å². The van der Waals surface area contributed by atoms with Crippen LogP contribution in [-0.4, -0.2) is 27.2 Å². The van der Waals surface area contributed by atoms with Crippen molar-refractivity contribution in [3.63, 3.8) is 0 Å². The molecule has 1 fully saturated rings. The monoisotopic (exact) mass is 223 g/mol. The summed E-state index contributed by atoms with van der Waals surface area (Å²) in [5, 5.41) is 7.71. The van der Waals surface area contributed by atoms with Gasteiger partial charge in [-0.05, 0) is 26.7 Å². The number of nitrogens with zero attached hydrogens (tertiary/aromatic N) is 3. The van der Waals surface area contributed by atoms with E-state index in [-0.39, 0.29) is 0 Å². The van der Waals surface area contributed by atoms with Crippen molar-refractivity contribution in [1.82, 2.24) is 15.1 Å². The normalized spacial score (nSPS) is 18.5. The van der Waals surface area contributed by atoms with Crippen LogP contribution in [0.15, 0.2) is 10.8 Å². The van der Waals surface area contributed by atoms with E-state index in [1.165, 1.54) is 38.5 Å². The van der Waals surface area contributed by atoms with Gasteiger partial charge >= 0.3 is 0 Å². The number of rotatable bonds is 4. The van der Waals surface area contributed by atoms with Gasteiger partial charge in [0, 0.05) is 12.1 Å². The third kappa shape index (κ3) is 2.82. The predicted molar refractivity (Wildman–Crippen MR) is 61.9 cm³/mol. The Kier molecular flexibility index (Phi) is 3.93. The van der Waals surface area contributed by atoms with Gasteiger partial charge in [-0.2, -0.15) is 0 Å². The fourth-order valence-electron chi connectivity index (χ4n) is 2.57. The van der Waals surface area contributed by atoms with Crippen molar-refractivity contribution in [2.75, 3.05) is 0 Å². The van der Waals surface area contributed by atoms with Crippen molar-refractivity contribution in [3.8, 4) is 0 Å². The van der Waals surface area contributed by atoms with Gasteiger partial charge in [0.2, 0.25) is 12.3 Å². The Hall–Kier alpha value is -0.900. The minimum absolute atomic E-state index is 0.537. The zero-order chi connectivity index (χ0) is 11.4. The van der Waals surface area contributed by atoms with Crippen LogP contribution >= 0.6 is 0 Å². The first-order valence-corrected chi connectivity index (χ1v) is 6.28. The summed E-state index contributed by atoms with van der Waals surface area (Å²) in [6.45, 7) is 5.28. The van der Waals surface area contributed by atoms with Gasteiger partial charge in [0.25, 0.3) is 0 Å². The van der Waals surface area contributed by atoms with E-state index in [1.807, 2.05) is 0 Å². The molecule has 0 aliphatic heterocycles. The number of hydrogen-bond donors (Lipinski definition) is 0. The standard InChI is InChI=1S/C12H21N3O/c1-10(2)15(8-12-14-13-9-16-12)11-6-4-3-5-7-11/h9-11H,3-8H2,1-2H3. The van der Waals surface area contributed by atoms with E-state index in [0.717, 1.165) is 12.4 Å². The maximum atomic E-state index is 5.24. The lowest BCUT2D eigenvalue weighted by Gasteiger charge is -2.36. The summed E-state index contributed by atoms with van der Waals surface area (Å²) in [4.78, 5) is 2.49. The molecule has 1 aliphatic rings. The molecule has 1 aromatic heterocycles. The Bertz CT molecular complexity index is 291. The van der Waals surface area contributed by atoms with E-state index in [9.17, 15) is 0 Å². The molecule has 16 heavy (non-hydrogen) atoms. The molecule has 0 N–H and O–H groups in total. The highest BCUT2D eigenvalue weighted by Gasteiger charge is 2.24. The number of hydrogen-bond acceptors (Lipinski definition) is 4. The lowest BCUT2D eigenvalue weighted by atomic mass is 9.93. The van der Waals surface area contributed by atoms with E-state index in [2.05, 4.69) is 28.9 Å². The van der Waals surface area contributed by atoms with Crippen LogP contribution in [0.1, 0.15) is 51.8 Å². The van der Waals surface area contributed by atoms with Crippen LogP contribution in [0.3, 0.4) is 0 Å². The average Bonchev–Trinajstić information content (AvgIpc) is 2.79. The third-order valence-electron chi connectivity index (χ3n) is 3.43. The lowest BCUT2D eigenvalue weighted by Crippen LogP contribution is -2.41. The second kappa shape index (κ2) is 5.43. The smallest absolute Gasteiger partial charge is 0.230 e. The molecule has 0 bridgehead atoms. The van der Waals surface area contributed by atoms with Crippen molar-refractivity contribution < 1.29 is 4.42 Å². The van der Waals surface area contributed by atoms with Crippen molar-refractivity contribution >= 4 is 0 Å². The molecular formula is C12H21N3O. The van der Waals surface area contributed by atoms with Crippen LogP contribution < -0.4 is 0 Å². The topological polar surface area (TPSA) is 42.2 Å². The Morgan fingerprint density at radius 3 is 2.69 bits per heavy atom. The van der Waals surface area contributed by atoms with Crippen LogP contribution in [0.5, 0.6) is 0 Å². The summed E-state index contributed by atoms with van der Waals surface area (Å²) in [6.07, 6.45) is 8.14. The van der Waals surface area contributed by atoms with Crippen LogP contribution in [0.25, 0.3) is 0 Å². The molecule has 1 heterocycles. The van der Waals surface area contributed by atoms with Crippen molar-refractivity contribution in [3.05, 3.63) is 12.3 Å². The first-order valence-electron chi connectivity index (χ1n) is 6.28.